The average molecular weight is 159 g/mol. The molecule has 0 amide bonds. The molecule has 1 unspecified atom stereocenters. The molecule has 0 aromatic carbocycles. The second-order valence-electron chi connectivity index (χ2n) is 3.81. The molecule has 1 aliphatic heterocycles. The molecule has 0 aromatic rings. The number of nitrogens with zero attached hydrogens (tertiary/aromatic N) is 1. The zero-order valence-corrected chi connectivity index (χ0v) is 7.99. The molecular formula is C8H17NS. The summed E-state index contributed by atoms with van der Waals surface area (Å²) in [5.41, 5.74) is 0. The van der Waals surface area contributed by atoms with E-state index in [2.05, 4.69) is 38.3 Å². The van der Waals surface area contributed by atoms with Crippen molar-refractivity contribution in [3.05, 3.63) is 0 Å². The van der Waals surface area contributed by atoms with Gasteiger partial charge in [0.2, 0.25) is 0 Å². The molecule has 1 aliphatic rings. The first-order valence-corrected chi connectivity index (χ1v) is 4.42. The third-order valence-corrected chi connectivity index (χ3v) is 2.58. The lowest BCUT2D eigenvalue weighted by atomic mass is 10.1. The van der Waals surface area contributed by atoms with Crippen LogP contribution in [0.4, 0.5) is 0 Å². The molecule has 0 radical (unpaired) electrons. The molecule has 1 rings (SSSR count). The van der Waals surface area contributed by atoms with Crippen LogP contribution in [0.15, 0.2) is 0 Å². The van der Waals surface area contributed by atoms with Crippen LogP contribution < -0.4 is 0 Å². The van der Waals surface area contributed by atoms with Crippen LogP contribution in [0.1, 0.15) is 27.2 Å². The van der Waals surface area contributed by atoms with Gasteiger partial charge in [0.1, 0.15) is 0 Å². The van der Waals surface area contributed by atoms with E-state index < -0.39 is 0 Å². The normalized spacial score (nSPS) is 35.7. The summed E-state index contributed by atoms with van der Waals surface area (Å²) in [5, 5.41) is 0. The standard InChI is InChI=1S/C8H17NS/c1-7(2)9-5-4-8(3,10)6-9/h7,10H,4-6H2,1-3H3. The van der Waals surface area contributed by atoms with Crippen LogP contribution in [0.25, 0.3) is 0 Å². The van der Waals surface area contributed by atoms with Crippen LogP contribution in [-0.4, -0.2) is 28.8 Å². The molecule has 10 heavy (non-hydrogen) atoms. The summed E-state index contributed by atoms with van der Waals surface area (Å²) in [5.74, 6) is 0. The van der Waals surface area contributed by atoms with Gasteiger partial charge in [0.15, 0.2) is 0 Å². The minimum absolute atomic E-state index is 0.268. The highest BCUT2D eigenvalue weighted by atomic mass is 32.1. The van der Waals surface area contributed by atoms with Crippen molar-refractivity contribution in [2.75, 3.05) is 13.1 Å². The first-order chi connectivity index (χ1) is 4.51. The molecule has 1 atom stereocenters. The Morgan fingerprint density at radius 1 is 1.50 bits per heavy atom. The van der Waals surface area contributed by atoms with Crippen LogP contribution in [0, 0.1) is 0 Å². The van der Waals surface area contributed by atoms with E-state index in [1.807, 2.05) is 0 Å². The smallest absolute Gasteiger partial charge is 0.0241 e. The maximum absolute atomic E-state index is 4.56. The lowest BCUT2D eigenvalue weighted by Gasteiger charge is -2.22. The monoisotopic (exact) mass is 159 g/mol. The Morgan fingerprint density at radius 2 is 2.10 bits per heavy atom. The molecule has 1 saturated heterocycles. The largest absolute Gasteiger partial charge is 0.300 e. The first-order valence-electron chi connectivity index (χ1n) is 3.98. The quantitative estimate of drug-likeness (QED) is 0.571. The molecule has 0 N–H and O–H groups in total. The summed E-state index contributed by atoms with van der Waals surface area (Å²) in [6.07, 6.45) is 1.23. The SMILES string of the molecule is CC(C)N1CCC(C)(S)C1. The van der Waals surface area contributed by atoms with Crippen molar-refractivity contribution in [2.45, 2.75) is 38.0 Å². The van der Waals surface area contributed by atoms with Gasteiger partial charge in [0, 0.05) is 17.3 Å². The van der Waals surface area contributed by atoms with Gasteiger partial charge in [-0.3, -0.25) is 4.90 Å². The van der Waals surface area contributed by atoms with Gasteiger partial charge in [0.25, 0.3) is 0 Å². The topological polar surface area (TPSA) is 3.24 Å². The number of hydrogen-bond acceptors (Lipinski definition) is 2. The Kier molecular flexibility index (Phi) is 2.31. The predicted molar refractivity (Wildman–Crippen MR) is 48.7 cm³/mol. The molecule has 0 saturated carbocycles. The molecular weight excluding hydrogens is 142 g/mol. The van der Waals surface area contributed by atoms with Crippen LogP contribution >= 0.6 is 12.6 Å². The number of thiol groups is 1. The van der Waals surface area contributed by atoms with Gasteiger partial charge >= 0.3 is 0 Å². The highest BCUT2D eigenvalue weighted by Crippen LogP contribution is 2.27. The fourth-order valence-corrected chi connectivity index (χ4v) is 1.70. The van der Waals surface area contributed by atoms with E-state index >= 15 is 0 Å². The Balaban J connectivity index is 2.43. The lowest BCUT2D eigenvalue weighted by Crippen LogP contribution is -2.31. The van der Waals surface area contributed by atoms with Gasteiger partial charge in [0.05, 0.1) is 0 Å². The van der Waals surface area contributed by atoms with Gasteiger partial charge < -0.3 is 0 Å². The third-order valence-electron chi connectivity index (χ3n) is 2.21. The Bertz CT molecular complexity index is 120. The maximum atomic E-state index is 4.56. The fourth-order valence-electron chi connectivity index (χ4n) is 1.42. The van der Waals surface area contributed by atoms with E-state index in [1.165, 1.54) is 13.0 Å². The van der Waals surface area contributed by atoms with Crippen molar-refractivity contribution in [1.29, 1.82) is 0 Å². The summed E-state index contributed by atoms with van der Waals surface area (Å²) in [7, 11) is 0. The van der Waals surface area contributed by atoms with Gasteiger partial charge in [-0.2, -0.15) is 12.6 Å². The Morgan fingerprint density at radius 3 is 2.30 bits per heavy atom. The maximum Gasteiger partial charge on any atom is 0.0241 e. The number of likely N-dealkylation sites (tertiary alicyclic amines) is 1. The van der Waals surface area contributed by atoms with E-state index in [0.717, 1.165) is 6.54 Å². The zero-order chi connectivity index (χ0) is 7.78. The molecule has 0 bridgehead atoms. The molecule has 1 nitrogen and oxygen atoms in total. The van der Waals surface area contributed by atoms with Crippen LogP contribution in [0.5, 0.6) is 0 Å². The van der Waals surface area contributed by atoms with Gasteiger partial charge in [-0.25, -0.2) is 0 Å². The van der Waals surface area contributed by atoms with E-state index in [1.54, 1.807) is 0 Å². The van der Waals surface area contributed by atoms with Crippen molar-refractivity contribution in [3.8, 4) is 0 Å². The molecule has 2 heteroatoms. The second-order valence-corrected chi connectivity index (χ2v) is 4.89. The summed E-state index contributed by atoms with van der Waals surface area (Å²) in [6.45, 7) is 9.08. The van der Waals surface area contributed by atoms with Crippen molar-refractivity contribution in [3.63, 3.8) is 0 Å². The van der Waals surface area contributed by atoms with E-state index in [-0.39, 0.29) is 4.75 Å². The number of rotatable bonds is 1. The van der Waals surface area contributed by atoms with Crippen molar-refractivity contribution in [1.82, 2.24) is 4.90 Å². The highest BCUT2D eigenvalue weighted by Gasteiger charge is 2.30. The zero-order valence-electron chi connectivity index (χ0n) is 7.09. The lowest BCUT2D eigenvalue weighted by molar-refractivity contribution is 0.271. The number of hydrogen-bond donors (Lipinski definition) is 1. The van der Waals surface area contributed by atoms with Crippen LogP contribution in [0.2, 0.25) is 0 Å². The van der Waals surface area contributed by atoms with E-state index in [4.69, 9.17) is 0 Å². The molecule has 0 aliphatic carbocycles. The van der Waals surface area contributed by atoms with E-state index in [9.17, 15) is 0 Å². The first kappa shape index (κ1) is 8.41. The average Bonchev–Trinajstić information content (AvgIpc) is 2.10. The minimum atomic E-state index is 0.268. The fraction of sp³-hybridized carbons (Fsp3) is 1.00. The molecule has 0 aromatic heterocycles. The van der Waals surface area contributed by atoms with Crippen molar-refractivity contribution < 1.29 is 0 Å². The molecule has 60 valence electrons. The van der Waals surface area contributed by atoms with Gasteiger partial charge in [-0.15, -0.1) is 0 Å². The molecule has 0 spiro atoms. The van der Waals surface area contributed by atoms with Gasteiger partial charge in [-0.1, -0.05) is 0 Å². The predicted octanol–water partition coefficient (Wildman–Crippen LogP) is 1.79. The third kappa shape index (κ3) is 1.89. The van der Waals surface area contributed by atoms with Crippen molar-refractivity contribution >= 4 is 12.6 Å². The summed E-state index contributed by atoms with van der Waals surface area (Å²) in [6, 6.07) is 0.689. The molecule has 1 heterocycles. The minimum Gasteiger partial charge on any atom is -0.300 e. The van der Waals surface area contributed by atoms with E-state index in [0.29, 0.717) is 6.04 Å². The Hall–Kier alpha value is 0.310. The summed E-state index contributed by atoms with van der Waals surface area (Å²) >= 11 is 4.56. The highest BCUT2D eigenvalue weighted by molar-refractivity contribution is 7.81. The Labute approximate surface area is 69.2 Å². The summed E-state index contributed by atoms with van der Waals surface area (Å²) in [4.78, 5) is 2.48. The summed E-state index contributed by atoms with van der Waals surface area (Å²) < 4.78 is 0.268. The van der Waals surface area contributed by atoms with Gasteiger partial charge in [-0.05, 0) is 33.7 Å². The van der Waals surface area contributed by atoms with Crippen molar-refractivity contribution in [2.24, 2.45) is 0 Å². The molecule has 1 fully saturated rings. The second kappa shape index (κ2) is 2.74. The van der Waals surface area contributed by atoms with Crippen LogP contribution in [0.3, 0.4) is 0 Å². The van der Waals surface area contributed by atoms with Crippen LogP contribution in [-0.2, 0) is 0 Å².